The first-order chi connectivity index (χ1) is 6.93. The van der Waals surface area contributed by atoms with Crippen LogP contribution in [0.15, 0.2) is 12.2 Å². The highest BCUT2D eigenvalue weighted by Crippen LogP contribution is 2.13. The fraction of sp³-hybridized carbons (Fsp3) is 0.818. The Morgan fingerprint density at radius 2 is 2.29 bits per heavy atom. The number of allylic oxidation sites excluding steroid dienone is 2. The van der Waals surface area contributed by atoms with E-state index in [-0.39, 0.29) is 6.29 Å². The Morgan fingerprint density at radius 3 is 3.00 bits per heavy atom. The highest BCUT2D eigenvalue weighted by atomic mass is 79.9. The topological polar surface area (TPSA) is 18.5 Å². The summed E-state index contributed by atoms with van der Waals surface area (Å²) in [5.74, 6) is 0. The molecule has 0 spiro atoms. The van der Waals surface area contributed by atoms with E-state index in [1.165, 1.54) is 12.8 Å². The summed E-state index contributed by atoms with van der Waals surface area (Å²) in [6.07, 6.45) is 10.1. The fourth-order valence-corrected chi connectivity index (χ4v) is 1.70. The van der Waals surface area contributed by atoms with Crippen molar-refractivity contribution in [3.63, 3.8) is 0 Å². The normalized spacial score (nSPS) is 23.1. The van der Waals surface area contributed by atoms with Gasteiger partial charge in [0.15, 0.2) is 6.29 Å². The summed E-state index contributed by atoms with van der Waals surface area (Å²) in [7, 11) is 0. The summed E-state index contributed by atoms with van der Waals surface area (Å²) < 4.78 is 11.1. The molecule has 0 aromatic carbocycles. The molecule has 0 aromatic heterocycles. The van der Waals surface area contributed by atoms with Crippen LogP contribution in [0.2, 0.25) is 0 Å². The van der Waals surface area contributed by atoms with Crippen molar-refractivity contribution in [2.45, 2.75) is 38.4 Å². The Hall–Kier alpha value is 0.140. The van der Waals surface area contributed by atoms with Gasteiger partial charge in [-0.2, -0.15) is 0 Å². The number of halogens is 1. The largest absolute Gasteiger partial charge is 0.353 e. The van der Waals surface area contributed by atoms with Gasteiger partial charge in [0.2, 0.25) is 0 Å². The molecule has 1 atom stereocenters. The van der Waals surface area contributed by atoms with Gasteiger partial charge in [0.1, 0.15) is 0 Å². The molecule has 1 saturated heterocycles. The maximum absolute atomic E-state index is 5.60. The quantitative estimate of drug-likeness (QED) is 0.416. The zero-order chi connectivity index (χ0) is 10.1. The van der Waals surface area contributed by atoms with Gasteiger partial charge in [0, 0.05) is 11.9 Å². The third-order valence-electron chi connectivity index (χ3n) is 2.21. The second kappa shape index (κ2) is 8.45. The number of ether oxygens (including phenoxy) is 2. The van der Waals surface area contributed by atoms with E-state index in [1.54, 1.807) is 0 Å². The maximum atomic E-state index is 5.60. The van der Waals surface area contributed by atoms with Gasteiger partial charge in [0.25, 0.3) is 0 Å². The molecule has 3 heteroatoms. The number of rotatable bonds is 6. The summed E-state index contributed by atoms with van der Waals surface area (Å²) in [6.45, 7) is 1.69. The molecule has 1 fully saturated rings. The van der Waals surface area contributed by atoms with Gasteiger partial charge >= 0.3 is 0 Å². The van der Waals surface area contributed by atoms with Gasteiger partial charge in [-0.3, -0.25) is 0 Å². The first-order valence-corrected chi connectivity index (χ1v) is 6.50. The van der Waals surface area contributed by atoms with Crippen molar-refractivity contribution in [2.75, 3.05) is 18.5 Å². The minimum absolute atomic E-state index is 0.0731. The van der Waals surface area contributed by atoms with Crippen LogP contribution in [-0.2, 0) is 9.47 Å². The van der Waals surface area contributed by atoms with Crippen molar-refractivity contribution < 1.29 is 9.47 Å². The van der Waals surface area contributed by atoms with Crippen LogP contribution in [0.1, 0.15) is 32.1 Å². The van der Waals surface area contributed by atoms with Crippen molar-refractivity contribution in [3.05, 3.63) is 12.2 Å². The summed E-state index contributed by atoms with van der Waals surface area (Å²) >= 11 is 3.34. The molecule has 0 amide bonds. The van der Waals surface area contributed by atoms with Gasteiger partial charge in [-0.15, -0.1) is 0 Å². The lowest BCUT2D eigenvalue weighted by Crippen LogP contribution is -2.22. The van der Waals surface area contributed by atoms with Crippen molar-refractivity contribution in [3.8, 4) is 0 Å². The molecule has 0 bridgehead atoms. The molecule has 14 heavy (non-hydrogen) atoms. The lowest BCUT2D eigenvalue weighted by molar-refractivity contribution is -0.162. The van der Waals surface area contributed by atoms with Crippen LogP contribution in [0.3, 0.4) is 0 Å². The van der Waals surface area contributed by atoms with E-state index < -0.39 is 0 Å². The molecule has 82 valence electrons. The van der Waals surface area contributed by atoms with E-state index in [0.29, 0.717) is 0 Å². The van der Waals surface area contributed by atoms with Gasteiger partial charge in [0.05, 0.1) is 6.61 Å². The highest BCUT2D eigenvalue weighted by molar-refractivity contribution is 9.09. The third kappa shape index (κ3) is 5.78. The van der Waals surface area contributed by atoms with E-state index >= 15 is 0 Å². The Balaban J connectivity index is 1.89. The molecular weight excluding hydrogens is 244 g/mol. The second-order valence-corrected chi connectivity index (χ2v) is 4.08. The smallest absolute Gasteiger partial charge is 0.157 e. The summed E-state index contributed by atoms with van der Waals surface area (Å²) in [5.41, 5.74) is 0. The second-order valence-electron chi connectivity index (χ2n) is 3.43. The molecule has 0 aliphatic carbocycles. The Kier molecular flexibility index (Phi) is 7.37. The predicted molar refractivity (Wildman–Crippen MR) is 61.7 cm³/mol. The third-order valence-corrected chi connectivity index (χ3v) is 2.59. The minimum atomic E-state index is 0.0731. The highest BCUT2D eigenvalue weighted by Gasteiger charge is 2.12. The molecule has 1 heterocycles. The number of hydrogen-bond donors (Lipinski definition) is 0. The molecule has 1 unspecified atom stereocenters. The Morgan fingerprint density at radius 1 is 1.36 bits per heavy atom. The van der Waals surface area contributed by atoms with Crippen LogP contribution in [-0.4, -0.2) is 24.8 Å². The fourth-order valence-electron chi connectivity index (χ4n) is 1.44. The van der Waals surface area contributed by atoms with Gasteiger partial charge in [-0.1, -0.05) is 28.1 Å². The minimum Gasteiger partial charge on any atom is -0.353 e. The lowest BCUT2D eigenvalue weighted by Gasteiger charge is -2.22. The van der Waals surface area contributed by atoms with Crippen molar-refractivity contribution >= 4 is 15.9 Å². The van der Waals surface area contributed by atoms with Crippen LogP contribution in [0.25, 0.3) is 0 Å². The summed E-state index contributed by atoms with van der Waals surface area (Å²) in [5, 5.41) is 0.944. The molecular formula is C11H19BrO2. The molecule has 0 saturated carbocycles. The first kappa shape index (κ1) is 12.2. The summed E-state index contributed by atoms with van der Waals surface area (Å²) in [6, 6.07) is 0. The zero-order valence-corrected chi connectivity index (χ0v) is 10.2. The standard InChI is InChI=1S/C11H19BrO2/c12-8-4-1-2-5-9-13-11-7-3-6-10-14-11/h1,4,11H,2-3,5-10H2. The first-order valence-electron chi connectivity index (χ1n) is 5.37. The number of hydrogen-bond acceptors (Lipinski definition) is 2. The Bertz CT molecular complexity index is 153. The molecule has 0 aromatic rings. The molecule has 0 N–H and O–H groups in total. The number of alkyl halides is 1. The van der Waals surface area contributed by atoms with E-state index in [9.17, 15) is 0 Å². The molecule has 1 rings (SSSR count). The van der Waals surface area contributed by atoms with E-state index in [1.807, 2.05) is 0 Å². The average molecular weight is 263 g/mol. The van der Waals surface area contributed by atoms with Crippen molar-refractivity contribution in [1.29, 1.82) is 0 Å². The van der Waals surface area contributed by atoms with Crippen LogP contribution < -0.4 is 0 Å². The van der Waals surface area contributed by atoms with E-state index in [2.05, 4.69) is 28.1 Å². The molecule has 2 nitrogen and oxygen atoms in total. The van der Waals surface area contributed by atoms with Crippen LogP contribution in [0, 0.1) is 0 Å². The predicted octanol–water partition coefficient (Wildman–Crippen LogP) is 3.26. The number of unbranched alkanes of at least 4 members (excludes halogenated alkanes) is 1. The SMILES string of the molecule is BrCC=CCCCOC1CCCCO1. The van der Waals surface area contributed by atoms with Crippen molar-refractivity contribution in [2.24, 2.45) is 0 Å². The zero-order valence-electron chi connectivity index (χ0n) is 8.58. The van der Waals surface area contributed by atoms with Crippen LogP contribution in [0.5, 0.6) is 0 Å². The Labute approximate surface area is 94.8 Å². The molecule has 0 radical (unpaired) electrons. The van der Waals surface area contributed by atoms with Crippen LogP contribution in [0.4, 0.5) is 0 Å². The van der Waals surface area contributed by atoms with Crippen LogP contribution >= 0.6 is 15.9 Å². The van der Waals surface area contributed by atoms with E-state index in [4.69, 9.17) is 9.47 Å². The average Bonchev–Trinajstić information content (AvgIpc) is 2.25. The monoisotopic (exact) mass is 262 g/mol. The van der Waals surface area contributed by atoms with E-state index in [0.717, 1.165) is 37.8 Å². The van der Waals surface area contributed by atoms with Gasteiger partial charge in [-0.25, -0.2) is 0 Å². The van der Waals surface area contributed by atoms with Gasteiger partial charge < -0.3 is 9.47 Å². The van der Waals surface area contributed by atoms with Gasteiger partial charge in [-0.05, 0) is 32.1 Å². The van der Waals surface area contributed by atoms with Crippen molar-refractivity contribution in [1.82, 2.24) is 0 Å². The summed E-state index contributed by atoms with van der Waals surface area (Å²) in [4.78, 5) is 0. The molecule has 1 aliphatic rings. The lowest BCUT2D eigenvalue weighted by atomic mass is 10.2. The maximum Gasteiger partial charge on any atom is 0.157 e. The molecule has 1 aliphatic heterocycles.